The molecule has 0 aliphatic carbocycles. The quantitative estimate of drug-likeness (QED) is 0.736. The van der Waals surface area contributed by atoms with Crippen LogP contribution in [0.15, 0.2) is 30.3 Å². The molecule has 0 spiro atoms. The van der Waals surface area contributed by atoms with E-state index in [4.69, 9.17) is 20.6 Å². The van der Waals surface area contributed by atoms with E-state index in [9.17, 15) is 0 Å². The summed E-state index contributed by atoms with van der Waals surface area (Å²) in [5.74, 6) is 2.46. The Hall–Kier alpha value is -1.34. The first-order valence-corrected chi connectivity index (χ1v) is 6.70. The van der Waals surface area contributed by atoms with Gasteiger partial charge in [-0.05, 0) is 24.8 Å². The fraction of sp³-hybridized carbons (Fsp3) is 0.500. The largest absolute Gasteiger partial charge is 0.374 e. The van der Waals surface area contributed by atoms with Crippen LogP contribution in [0.1, 0.15) is 24.8 Å². The minimum Gasteiger partial charge on any atom is -0.374 e. The fourth-order valence-electron chi connectivity index (χ4n) is 2.13. The normalized spacial score (nSPS) is 22.9. The zero-order valence-corrected chi connectivity index (χ0v) is 11.1. The molecule has 1 aromatic rings. The molecule has 1 saturated heterocycles. The average Bonchev–Trinajstić information content (AvgIpc) is 2.47. The molecule has 2 atom stereocenters. The maximum atomic E-state index is 5.78. The van der Waals surface area contributed by atoms with E-state index in [1.165, 1.54) is 5.56 Å². The first-order chi connectivity index (χ1) is 9.38. The summed E-state index contributed by atoms with van der Waals surface area (Å²) in [6.07, 6.45) is 8.13. The van der Waals surface area contributed by atoms with E-state index in [1.54, 1.807) is 0 Å². The minimum absolute atomic E-state index is 0.111. The summed E-state index contributed by atoms with van der Waals surface area (Å²) >= 11 is 0. The first-order valence-electron chi connectivity index (χ1n) is 6.70. The van der Waals surface area contributed by atoms with Crippen LogP contribution in [0, 0.1) is 12.3 Å². The molecule has 2 rings (SSSR count). The average molecular weight is 260 g/mol. The van der Waals surface area contributed by atoms with E-state index < -0.39 is 0 Å². The van der Waals surface area contributed by atoms with Gasteiger partial charge in [-0.15, -0.1) is 6.42 Å². The van der Waals surface area contributed by atoms with Crippen molar-refractivity contribution in [3.63, 3.8) is 0 Å². The molecule has 0 amide bonds. The first kappa shape index (κ1) is 14.1. The van der Waals surface area contributed by atoms with Gasteiger partial charge in [-0.25, -0.2) is 0 Å². The van der Waals surface area contributed by atoms with Crippen LogP contribution >= 0.6 is 0 Å². The van der Waals surface area contributed by atoms with Crippen LogP contribution in [0.4, 0.5) is 0 Å². The molecule has 1 aliphatic rings. The van der Waals surface area contributed by atoms with Gasteiger partial charge in [0.1, 0.15) is 6.61 Å². The molecule has 0 radical (unpaired) electrons. The Morgan fingerprint density at radius 3 is 2.89 bits per heavy atom. The summed E-state index contributed by atoms with van der Waals surface area (Å²) in [4.78, 5) is 0. The van der Waals surface area contributed by atoms with Crippen LogP contribution < -0.4 is 0 Å². The van der Waals surface area contributed by atoms with Crippen LogP contribution in [-0.2, 0) is 20.8 Å². The fourth-order valence-corrected chi connectivity index (χ4v) is 2.13. The molecule has 0 saturated carbocycles. The molecular formula is C16H20O3. The predicted molar refractivity (Wildman–Crippen MR) is 73.4 cm³/mol. The van der Waals surface area contributed by atoms with Gasteiger partial charge in [0, 0.05) is 0 Å². The van der Waals surface area contributed by atoms with Crippen molar-refractivity contribution in [2.45, 2.75) is 38.3 Å². The van der Waals surface area contributed by atoms with Crippen molar-refractivity contribution >= 4 is 0 Å². The van der Waals surface area contributed by atoms with Gasteiger partial charge in [-0.1, -0.05) is 36.3 Å². The van der Waals surface area contributed by atoms with Gasteiger partial charge in [0.2, 0.25) is 0 Å². The highest BCUT2D eigenvalue weighted by Crippen LogP contribution is 2.20. The Morgan fingerprint density at radius 1 is 1.26 bits per heavy atom. The minimum atomic E-state index is -0.171. The zero-order valence-electron chi connectivity index (χ0n) is 11.1. The molecular weight excluding hydrogens is 240 g/mol. The summed E-state index contributed by atoms with van der Waals surface area (Å²) in [7, 11) is 0. The Labute approximate surface area is 114 Å². The highest BCUT2D eigenvalue weighted by molar-refractivity contribution is 5.13. The molecule has 0 aromatic heterocycles. The Balaban J connectivity index is 1.67. The lowest BCUT2D eigenvalue weighted by molar-refractivity contribution is -0.199. The number of rotatable bonds is 6. The molecule has 3 nitrogen and oxygen atoms in total. The van der Waals surface area contributed by atoms with E-state index in [2.05, 4.69) is 18.1 Å². The molecule has 19 heavy (non-hydrogen) atoms. The van der Waals surface area contributed by atoms with E-state index in [1.807, 2.05) is 18.2 Å². The lowest BCUT2D eigenvalue weighted by Crippen LogP contribution is -2.32. The molecule has 1 fully saturated rings. The van der Waals surface area contributed by atoms with Crippen molar-refractivity contribution in [1.29, 1.82) is 0 Å². The van der Waals surface area contributed by atoms with Crippen molar-refractivity contribution < 1.29 is 14.2 Å². The third kappa shape index (κ3) is 5.04. The van der Waals surface area contributed by atoms with E-state index in [0.717, 1.165) is 19.3 Å². The van der Waals surface area contributed by atoms with Gasteiger partial charge in [0.05, 0.1) is 19.3 Å². The van der Waals surface area contributed by atoms with Gasteiger partial charge in [0.25, 0.3) is 0 Å². The molecule has 1 aromatic carbocycles. The third-order valence-electron chi connectivity index (χ3n) is 3.08. The summed E-state index contributed by atoms with van der Waals surface area (Å²) in [6.45, 7) is 1.53. The van der Waals surface area contributed by atoms with Crippen molar-refractivity contribution in [3.8, 4) is 12.3 Å². The second-order valence-electron chi connectivity index (χ2n) is 4.63. The van der Waals surface area contributed by atoms with Gasteiger partial charge in [0.15, 0.2) is 6.29 Å². The summed E-state index contributed by atoms with van der Waals surface area (Å²) < 4.78 is 16.9. The highest BCUT2D eigenvalue weighted by atomic mass is 16.7. The number of benzene rings is 1. The Bertz CT molecular complexity index is 396. The molecule has 3 heteroatoms. The van der Waals surface area contributed by atoms with Gasteiger partial charge >= 0.3 is 0 Å². The smallest absolute Gasteiger partial charge is 0.159 e. The van der Waals surface area contributed by atoms with E-state index >= 15 is 0 Å². The lowest BCUT2D eigenvalue weighted by atomic mass is 10.1. The second kappa shape index (κ2) is 7.96. The molecule has 0 N–H and O–H groups in total. The Morgan fingerprint density at radius 2 is 2.11 bits per heavy atom. The van der Waals surface area contributed by atoms with Gasteiger partial charge in [-0.2, -0.15) is 0 Å². The second-order valence-corrected chi connectivity index (χ2v) is 4.63. The van der Waals surface area contributed by atoms with Crippen molar-refractivity contribution in [2.24, 2.45) is 0 Å². The van der Waals surface area contributed by atoms with Crippen LogP contribution in [-0.4, -0.2) is 25.6 Å². The van der Waals surface area contributed by atoms with Crippen molar-refractivity contribution in [1.82, 2.24) is 0 Å². The number of hydrogen-bond acceptors (Lipinski definition) is 3. The zero-order chi connectivity index (χ0) is 13.3. The summed E-state index contributed by atoms with van der Waals surface area (Å²) in [5, 5.41) is 0. The van der Waals surface area contributed by atoms with Crippen LogP contribution in [0.5, 0.6) is 0 Å². The molecule has 0 bridgehead atoms. The standard InChI is InChI=1S/C16H20O3/c1-2-11-18-16-10-6-9-15(19-16)13-17-12-14-7-4-3-5-8-14/h1,3-5,7-8,15-16H,6,9-13H2/t15-,16?/m0/s1. The maximum absolute atomic E-state index is 5.78. The number of hydrogen-bond donors (Lipinski definition) is 0. The molecule has 1 unspecified atom stereocenters. The van der Waals surface area contributed by atoms with E-state index in [0.29, 0.717) is 19.8 Å². The van der Waals surface area contributed by atoms with Crippen molar-refractivity contribution in [2.75, 3.05) is 13.2 Å². The van der Waals surface area contributed by atoms with Crippen LogP contribution in [0.2, 0.25) is 0 Å². The number of ether oxygens (including phenoxy) is 3. The lowest BCUT2D eigenvalue weighted by Gasteiger charge is -2.29. The summed E-state index contributed by atoms with van der Waals surface area (Å²) in [6, 6.07) is 10.1. The van der Waals surface area contributed by atoms with Gasteiger partial charge < -0.3 is 14.2 Å². The number of terminal acetylenes is 1. The predicted octanol–water partition coefficient (Wildman–Crippen LogP) is 2.75. The Kier molecular flexibility index (Phi) is 5.90. The topological polar surface area (TPSA) is 27.7 Å². The SMILES string of the molecule is C#CCOC1CCC[C@@H](COCc2ccccc2)O1. The molecule has 102 valence electrons. The highest BCUT2D eigenvalue weighted by Gasteiger charge is 2.22. The third-order valence-corrected chi connectivity index (χ3v) is 3.08. The van der Waals surface area contributed by atoms with Gasteiger partial charge in [-0.3, -0.25) is 0 Å². The van der Waals surface area contributed by atoms with E-state index in [-0.39, 0.29) is 12.4 Å². The maximum Gasteiger partial charge on any atom is 0.159 e. The summed E-state index contributed by atoms with van der Waals surface area (Å²) in [5.41, 5.74) is 1.18. The van der Waals surface area contributed by atoms with Crippen LogP contribution in [0.25, 0.3) is 0 Å². The molecule has 1 aliphatic heterocycles. The monoisotopic (exact) mass is 260 g/mol. The van der Waals surface area contributed by atoms with Crippen molar-refractivity contribution in [3.05, 3.63) is 35.9 Å². The van der Waals surface area contributed by atoms with Crippen LogP contribution in [0.3, 0.4) is 0 Å². The molecule has 1 heterocycles.